The summed E-state index contributed by atoms with van der Waals surface area (Å²) in [6.07, 6.45) is 1.80. The van der Waals surface area contributed by atoms with E-state index < -0.39 is 4.92 Å². The lowest BCUT2D eigenvalue weighted by atomic mass is 10.2. The lowest BCUT2D eigenvalue weighted by molar-refractivity contribution is -0.384. The van der Waals surface area contributed by atoms with Crippen LogP contribution in [0.3, 0.4) is 0 Å². The first kappa shape index (κ1) is 13.8. The molecule has 0 radical (unpaired) electrons. The largest absolute Gasteiger partial charge is 0.326 e. The molecule has 0 aliphatic carbocycles. The summed E-state index contributed by atoms with van der Waals surface area (Å²) in [7, 11) is 0. The molecule has 0 fully saturated rings. The highest BCUT2D eigenvalue weighted by molar-refractivity contribution is 5.90. The molecule has 0 unspecified atom stereocenters. The van der Waals surface area contributed by atoms with Crippen LogP contribution in [0.1, 0.15) is 6.92 Å². The molecule has 0 spiro atoms. The molecule has 0 bridgehead atoms. The van der Waals surface area contributed by atoms with Crippen molar-refractivity contribution < 1.29 is 9.72 Å². The SMILES string of the molecule is CC(=O)Nc1ccc(-n2ccc3ccccc32)c([N+](=O)[O-])c1. The van der Waals surface area contributed by atoms with Crippen LogP contribution in [0.4, 0.5) is 11.4 Å². The van der Waals surface area contributed by atoms with Crippen LogP contribution in [-0.4, -0.2) is 15.4 Å². The van der Waals surface area contributed by atoms with Gasteiger partial charge < -0.3 is 9.88 Å². The number of anilines is 1. The first-order valence-corrected chi connectivity index (χ1v) is 6.69. The van der Waals surface area contributed by atoms with Crippen molar-refractivity contribution in [2.45, 2.75) is 6.92 Å². The molecule has 0 aliphatic rings. The summed E-state index contributed by atoms with van der Waals surface area (Å²) >= 11 is 0. The Balaban J connectivity index is 2.17. The first-order valence-electron chi connectivity index (χ1n) is 6.69. The van der Waals surface area contributed by atoms with Gasteiger partial charge in [-0.25, -0.2) is 0 Å². The number of rotatable bonds is 3. The third-order valence-electron chi connectivity index (χ3n) is 3.35. The van der Waals surface area contributed by atoms with Gasteiger partial charge in [0.05, 0.1) is 10.4 Å². The second kappa shape index (κ2) is 5.33. The van der Waals surface area contributed by atoms with Crippen LogP contribution in [0.15, 0.2) is 54.7 Å². The number of nitro benzene ring substituents is 1. The predicted octanol–water partition coefficient (Wildman–Crippen LogP) is 3.50. The summed E-state index contributed by atoms with van der Waals surface area (Å²) in [4.78, 5) is 22.0. The van der Waals surface area contributed by atoms with Crippen molar-refractivity contribution in [1.29, 1.82) is 0 Å². The molecule has 3 rings (SSSR count). The maximum absolute atomic E-state index is 11.4. The Kier molecular flexibility index (Phi) is 3.34. The quantitative estimate of drug-likeness (QED) is 0.593. The zero-order valence-electron chi connectivity index (χ0n) is 11.8. The van der Waals surface area contributed by atoms with E-state index in [4.69, 9.17) is 0 Å². The van der Waals surface area contributed by atoms with E-state index in [-0.39, 0.29) is 11.6 Å². The Hall–Kier alpha value is -3.15. The van der Waals surface area contributed by atoms with Gasteiger partial charge in [-0.1, -0.05) is 18.2 Å². The summed E-state index contributed by atoms with van der Waals surface area (Å²) in [5, 5.41) is 14.9. The molecular formula is C16H13N3O3. The summed E-state index contributed by atoms with van der Waals surface area (Å²) in [5.74, 6) is -0.270. The maximum Gasteiger partial charge on any atom is 0.295 e. The number of aromatic nitrogens is 1. The van der Waals surface area contributed by atoms with Crippen molar-refractivity contribution in [1.82, 2.24) is 4.57 Å². The lowest BCUT2D eigenvalue weighted by Gasteiger charge is -2.09. The zero-order chi connectivity index (χ0) is 15.7. The minimum absolute atomic E-state index is 0.0624. The van der Waals surface area contributed by atoms with Gasteiger partial charge in [0.15, 0.2) is 0 Å². The van der Waals surface area contributed by atoms with E-state index in [1.165, 1.54) is 13.0 Å². The number of para-hydroxylation sites is 1. The van der Waals surface area contributed by atoms with Gasteiger partial charge in [-0.2, -0.15) is 0 Å². The number of carbonyl (C=O) groups is 1. The van der Waals surface area contributed by atoms with Crippen LogP contribution in [0.2, 0.25) is 0 Å². The second-order valence-electron chi connectivity index (χ2n) is 4.89. The summed E-state index contributed by atoms with van der Waals surface area (Å²) in [6, 6.07) is 14.2. The van der Waals surface area contributed by atoms with Crippen LogP contribution >= 0.6 is 0 Å². The van der Waals surface area contributed by atoms with Crippen molar-refractivity contribution >= 4 is 28.2 Å². The molecule has 22 heavy (non-hydrogen) atoms. The number of fused-ring (bicyclic) bond motifs is 1. The van der Waals surface area contributed by atoms with E-state index >= 15 is 0 Å². The van der Waals surface area contributed by atoms with Gasteiger partial charge in [0.25, 0.3) is 5.69 Å². The summed E-state index contributed by atoms with van der Waals surface area (Å²) in [6.45, 7) is 1.36. The fourth-order valence-corrected chi connectivity index (χ4v) is 2.45. The molecule has 2 aromatic carbocycles. The number of nitrogens with one attached hydrogen (secondary N) is 1. The van der Waals surface area contributed by atoms with Gasteiger partial charge in [-0.3, -0.25) is 14.9 Å². The summed E-state index contributed by atoms with van der Waals surface area (Å²) in [5.41, 5.74) is 1.69. The number of nitro groups is 1. The fraction of sp³-hybridized carbons (Fsp3) is 0.0625. The van der Waals surface area contributed by atoms with Gasteiger partial charge in [0.1, 0.15) is 5.69 Å². The third kappa shape index (κ3) is 2.42. The van der Waals surface area contributed by atoms with Gasteiger partial charge >= 0.3 is 0 Å². The number of amides is 1. The van der Waals surface area contributed by atoms with Gasteiger partial charge in [0.2, 0.25) is 5.91 Å². The predicted molar refractivity (Wildman–Crippen MR) is 84.2 cm³/mol. The normalized spacial score (nSPS) is 10.6. The van der Waals surface area contributed by atoms with Crippen LogP contribution < -0.4 is 5.32 Å². The van der Waals surface area contributed by atoms with Crippen LogP contribution in [0.25, 0.3) is 16.6 Å². The van der Waals surface area contributed by atoms with E-state index in [2.05, 4.69) is 5.32 Å². The molecule has 1 amide bonds. The molecule has 1 aromatic heterocycles. The molecular weight excluding hydrogens is 282 g/mol. The Labute approximate surface area is 126 Å². The van der Waals surface area contributed by atoms with E-state index in [1.807, 2.05) is 30.3 Å². The Morgan fingerprint density at radius 1 is 1.18 bits per heavy atom. The molecule has 6 nitrogen and oxygen atoms in total. The second-order valence-corrected chi connectivity index (χ2v) is 4.89. The highest BCUT2D eigenvalue weighted by atomic mass is 16.6. The van der Waals surface area contributed by atoms with Crippen LogP contribution in [-0.2, 0) is 4.79 Å². The molecule has 1 N–H and O–H groups in total. The topological polar surface area (TPSA) is 77.2 Å². The smallest absolute Gasteiger partial charge is 0.295 e. The monoisotopic (exact) mass is 295 g/mol. The van der Waals surface area contributed by atoms with Gasteiger partial charge in [0, 0.05) is 24.9 Å². The Morgan fingerprint density at radius 3 is 2.68 bits per heavy atom. The van der Waals surface area contributed by atoms with Crippen molar-refractivity contribution in [2.75, 3.05) is 5.32 Å². The van der Waals surface area contributed by atoms with E-state index in [0.717, 1.165) is 10.9 Å². The van der Waals surface area contributed by atoms with Gasteiger partial charge in [-0.05, 0) is 29.7 Å². The number of carbonyl (C=O) groups excluding carboxylic acids is 1. The molecule has 3 aromatic rings. The molecule has 1 heterocycles. The number of nitrogens with zero attached hydrogens (tertiary/aromatic N) is 2. The summed E-state index contributed by atoms with van der Waals surface area (Å²) < 4.78 is 1.77. The molecule has 0 aliphatic heterocycles. The van der Waals surface area contributed by atoms with Crippen molar-refractivity contribution in [2.24, 2.45) is 0 Å². The van der Waals surface area contributed by atoms with E-state index in [1.54, 1.807) is 22.9 Å². The molecule has 0 saturated carbocycles. The average Bonchev–Trinajstić information content (AvgIpc) is 2.90. The van der Waals surface area contributed by atoms with E-state index in [0.29, 0.717) is 11.4 Å². The van der Waals surface area contributed by atoms with Crippen LogP contribution in [0, 0.1) is 10.1 Å². The molecule has 110 valence electrons. The Bertz CT molecular complexity index is 883. The number of hydrogen-bond acceptors (Lipinski definition) is 3. The minimum atomic E-state index is -0.449. The highest BCUT2D eigenvalue weighted by Gasteiger charge is 2.17. The van der Waals surface area contributed by atoms with Crippen molar-refractivity contribution in [3.8, 4) is 5.69 Å². The standard InChI is InChI=1S/C16H13N3O3/c1-11(20)17-13-6-7-15(16(10-13)19(21)22)18-9-8-12-4-2-3-5-14(12)18/h2-10H,1H3,(H,17,20). The average molecular weight is 295 g/mol. The zero-order valence-corrected chi connectivity index (χ0v) is 11.8. The van der Waals surface area contributed by atoms with E-state index in [9.17, 15) is 14.9 Å². The van der Waals surface area contributed by atoms with Crippen molar-refractivity contribution in [3.05, 3.63) is 64.8 Å². The third-order valence-corrected chi connectivity index (χ3v) is 3.35. The highest BCUT2D eigenvalue weighted by Crippen LogP contribution is 2.30. The maximum atomic E-state index is 11.4. The molecule has 6 heteroatoms. The molecule has 0 saturated heterocycles. The minimum Gasteiger partial charge on any atom is -0.326 e. The molecule has 0 atom stereocenters. The first-order chi connectivity index (χ1) is 10.6. The lowest BCUT2D eigenvalue weighted by Crippen LogP contribution is -2.07. The number of benzene rings is 2. The van der Waals surface area contributed by atoms with Gasteiger partial charge in [-0.15, -0.1) is 0 Å². The number of hydrogen-bond donors (Lipinski definition) is 1. The van der Waals surface area contributed by atoms with Crippen molar-refractivity contribution in [3.63, 3.8) is 0 Å². The Morgan fingerprint density at radius 2 is 1.95 bits per heavy atom. The van der Waals surface area contributed by atoms with Crippen LogP contribution in [0.5, 0.6) is 0 Å². The fourth-order valence-electron chi connectivity index (χ4n) is 2.45.